The van der Waals surface area contributed by atoms with Gasteiger partial charge < -0.3 is 0 Å². The van der Waals surface area contributed by atoms with Crippen LogP contribution in [0.5, 0.6) is 0 Å². The summed E-state index contributed by atoms with van der Waals surface area (Å²) in [6, 6.07) is 4.70. The van der Waals surface area contributed by atoms with Gasteiger partial charge in [0.25, 0.3) is 0 Å². The van der Waals surface area contributed by atoms with Gasteiger partial charge in [-0.1, -0.05) is 0 Å². The lowest BCUT2D eigenvalue weighted by molar-refractivity contribution is 0.477. The summed E-state index contributed by atoms with van der Waals surface area (Å²) in [6.07, 6.45) is 3.05. The first-order valence-corrected chi connectivity index (χ1v) is 6.45. The molecule has 1 aromatic heterocycles. The summed E-state index contributed by atoms with van der Waals surface area (Å²) in [5.74, 6) is 0. The maximum atomic E-state index is 12.0. The van der Waals surface area contributed by atoms with Crippen LogP contribution in [0.25, 0.3) is 0 Å². The van der Waals surface area contributed by atoms with Crippen LogP contribution in [0.3, 0.4) is 0 Å². The number of sulfonamides is 1. The molecule has 1 aliphatic heterocycles. The van der Waals surface area contributed by atoms with Gasteiger partial charge in [-0.15, -0.1) is 0 Å². The van der Waals surface area contributed by atoms with Gasteiger partial charge in [-0.25, -0.2) is 13.4 Å². The van der Waals surface area contributed by atoms with Crippen LogP contribution < -0.4 is 0 Å². The molecular weight excluding hydrogens is 226 g/mol. The highest BCUT2D eigenvalue weighted by atomic mass is 32.2. The Kier molecular flexibility index (Phi) is 2.90. The van der Waals surface area contributed by atoms with Crippen LogP contribution in [0.4, 0.5) is 0 Å². The Hall–Kier alpha value is -1.45. The Morgan fingerprint density at radius 2 is 2.00 bits per heavy atom. The zero-order valence-electron chi connectivity index (χ0n) is 8.63. The quantitative estimate of drug-likeness (QED) is 0.760. The predicted molar refractivity (Wildman–Crippen MR) is 56.9 cm³/mol. The van der Waals surface area contributed by atoms with Gasteiger partial charge in [0.15, 0.2) is 0 Å². The van der Waals surface area contributed by atoms with Crippen molar-refractivity contribution in [2.45, 2.75) is 17.7 Å². The lowest BCUT2D eigenvalue weighted by Crippen LogP contribution is -2.27. The molecule has 2 rings (SSSR count). The Morgan fingerprint density at radius 3 is 2.50 bits per heavy atom. The highest BCUT2D eigenvalue weighted by Crippen LogP contribution is 2.19. The van der Waals surface area contributed by atoms with Crippen molar-refractivity contribution in [2.24, 2.45) is 0 Å². The molecule has 2 heterocycles. The summed E-state index contributed by atoms with van der Waals surface area (Å²) < 4.78 is 25.5. The van der Waals surface area contributed by atoms with Gasteiger partial charge in [0.05, 0.1) is 0 Å². The van der Waals surface area contributed by atoms with E-state index in [1.807, 2.05) is 6.07 Å². The molecule has 0 N–H and O–H groups in total. The molecule has 0 bridgehead atoms. The van der Waals surface area contributed by atoms with Crippen LogP contribution in [0.2, 0.25) is 0 Å². The molecule has 0 amide bonds. The van der Waals surface area contributed by atoms with Crippen LogP contribution in [-0.4, -0.2) is 30.8 Å². The summed E-state index contributed by atoms with van der Waals surface area (Å²) in [7, 11) is -3.40. The third kappa shape index (κ3) is 1.92. The van der Waals surface area contributed by atoms with Gasteiger partial charge in [0.2, 0.25) is 10.0 Å². The highest BCUT2D eigenvalue weighted by molar-refractivity contribution is 7.89. The van der Waals surface area contributed by atoms with Crippen molar-refractivity contribution in [1.29, 1.82) is 5.26 Å². The maximum absolute atomic E-state index is 12.0. The smallest absolute Gasteiger partial charge is 0.244 e. The van der Waals surface area contributed by atoms with Crippen LogP contribution in [-0.2, 0) is 10.0 Å². The molecular formula is C10H11N3O2S. The molecule has 1 fully saturated rings. The standard InChI is InChI=1S/C10H11N3O2S/c11-7-9-3-4-10(8-12-9)16(14,15)13-5-1-2-6-13/h3-4,8H,1-2,5-6H2. The number of nitrogens with zero attached hydrogens (tertiary/aromatic N) is 3. The third-order valence-corrected chi connectivity index (χ3v) is 4.44. The molecule has 1 saturated heterocycles. The number of aromatic nitrogens is 1. The second kappa shape index (κ2) is 4.20. The van der Waals surface area contributed by atoms with E-state index in [-0.39, 0.29) is 10.6 Å². The number of hydrogen-bond donors (Lipinski definition) is 0. The van der Waals surface area contributed by atoms with E-state index in [1.54, 1.807) is 0 Å². The molecule has 5 nitrogen and oxygen atoms in total. The van der Waals surface area contributed by atoms with E-state index in [2.05, 4.69) is 4.98 Å². The fourth-order valence-corrected chi connectivity index (χ4v) is 3.14. The lowest BCUT2D eigenvalue weighted by Gasteiger charge is -2.14. The van der Waals surface area contributed by atoms with E-state index in [1.165, 1.54) is 22.6 Å². The Morgan fingerprint density at radius 1 is 1.31 bits per heavy atom. The minimum absolute atomic E-state index is 0.161. The molecule has 0 aliphatic carbocycles. The Labute approximate surface area is 94.4 Å². The molecule has 1 aromatic rings. The first-order chi connectivity index (χ1) is 7.64. The van der Waals surface area contributed by atoms with Crippen LogP contribution in [0.15, 0.2) is 23.2 Å². The minimum atomic E-state index is -3.40. The molecule has 0 aromatic carbocycles. The van der Waals surface area contributed by atoms with Crippen molar-refractivity contribution >= 4 is 10.0 Å². The second-order valence-corrected chi connectivity index (χ2v) is 5.54. The van der Waals surface area contributed by atoms with E-state index < -0.39 is 10.0 Å². The fraction of sp³-hybridized carbons (Fsp3) is 0.400. The molecule has 0 saturated carbocycles. The van der Waals surface area contributed by atoms with Crippen molar-refractivity contribution in [2.75, 3.05) is 13.1 Å². The second-order valence-electron chi connectivity index (χ2n) is 3.60. The fourth-order valence-electron chi connectivity index (χ4n) is 1.68. The van der Waals surface area contributed by atoms with E-state index in [0.29, 0.717) is 13.1 Å². The molecule has 16 heavy (non-hydrogen) atoms. The monoisotopic (exact) mass is 237 g/mol. The van der Waals surface area contributed by atoms with Crippen molar-refractivity contribution in [3.05, 3.63) is 24.0 Å². The number of rotatable bonds is 2. The van der Waals surface area contributed by atoms with E-state index in [0.717, 1.165) is 12.8 Å². The van der Waals surface area contributed by atoms with E-state index >= 15 is 0 Å². The molecule has 0 unspecified atom stereocenters. The molecule has 84 valence electrons. The van der Waals surface area contributed by atoms with Gasteiger partial charge in [-0.2, -0.15) is 9.57 Å². The number of nitriles is 1. The van der Waals surface area contributed by atoms with Crippen LogP contribution in [0, 0.1) is 11.3 Å². The van der Waals surface area contributed by atoms with Crippen LogP contribution in [0.1, 0.15) is 18.5 Å². The Bertz CT molecular complexity index is 510. The predicted octanol–water partition coefficient (Wildman–Crippen LogP) is 0.738. The van der Waals surface area contributed by atoms with Crippen molar-refractivity contribution < 1.29 is 8.42 Å². The molecule has 0 spiro atoms. The molecule has 6 heteroatoms. The van der Waals surface area contributed by atoms with Crippen molar-refractivity contribution in [3.63, 3.8) is 0 Å². The summed E-state index contributed by atoms with van der Waals surface area (Å²) in [5, 5.41) is 8.57. The molecule has 0 atom stereocenters. The van der Waals surface area contributed by atoms with E-state index in [9.17, 15) is 8.42 Å². The topological polar surface area (TPSA) is 74.1 Å². The number of hydrogen-bond acceptors (Lipinski definition) is 4. The highest BCUT2D eigenvalue weighted by Gasteiger charge is 2.27. The van der Waals surface area contributed by atoms with Gasteiger partial charge >= 0.3 is 0 Å². The summed E-state index contributed by atoms with van der Waals surface area (Å²) in [6.45, 7) is 1.14. The average molecular weight is 237 g/mol. The maximum Gasteiger partial charge on any atom is 0.244 e. The van der Waals surface area contributed by atoms with Crippen molar-refractivity contribution in [1.82, 2.24) is 9.29 Å². The largest absolute Gasteiger partial charge is 0.244 e. The first-order valence-electron chi connectivity index (χ1n) is 5.01. The normalized spacial score (nSPS) is 17.2. The average Bonchev–Trinajstić information content (AvgIpc) is 2.83. The SMILES string of the molecule is N#Cc1ccc(S(=O)(=O)N2CCCC2)cn1. The van der Waals surface area contributed by atoms with Gasteiger partial charge in [-0.05, 0) is 25.0 Å². The van der Waals surface area contributed by atoms with Crippen molar-refractivity contribution in [3.8, 4) is 6.07 Å². The Balaban J connectivity index is 2.32. The van der Waals surface area contributed by atoms with Crippen LogP contribution >= 0.6 is 0 Å². The summed E-state index contributed by atoms with van der Waals surface area (Å²) in [4.78, 5) is 3.93. The summed E-state index contributed by atoms with van der Waals surface area (Å²) >= 11 is 0. The molecule has 1 aliphatic rings. The summed E-state index contributed by atoms with van der Waals surface area (Å²) in [5.41, 5.74) is 0.223. The molecule has 0 radical (unpaired) electrons. The number of pyridine rings is 1. The minimum Gasteiger partial charge on any atom is -0.244 e. The van der Waals surface area contributed by atoms with Gasteiger partial charge in [0.1, 0.15) is 16.7 Å². The van der Waals surface area contributed by atoms with E-state index in [4.69, 9.17) is 5.26 Å². The third-order valence-electron chi connectivity index (χ3n) is 2.55. The first kappa shape index (κ1) is 11.0. The lowest BCUT2D eigenvalue weighted by atomic mass is 10.4. The van der Waals surface area contributed by atoms with Gasteiger partial charge in [-0.3, -0.25) is 0 Å². The zero-order valence-corrected chi connectivity index (χ0v) is 9.44. The van der Waals surface area contributed by atoms with Gasteiger partial charge in [0, 0.05) is 19.3 Å². The zero-order chi connectivity index (χ0) is 11.6.